The first kappa shape index (κ1) is 22.1. The van der Waals surface area contributed by atoms with Crippen molar-refractivity contribution in [2.24, 2.45) is 0 Å². The van der Waals surface area contributed by atoms with E-state index < -0.39 is 0 Å². The number of hydrogen-bond acceptors (Lipinski definition) is 4. The summed E-state index contributed by atoms with van der Waals surface area (Å²) in [6.07, 6.45) is 0. The number of hydrogen-bond donors (Lipinski definition) is 2. The van der Waals surface area contributed by atoms with Gasteiger partial charge < -0.3 is 15.4 Å². The van der Waals surface area contributed by atoms with Crippen LogP contribution in [0.25, 0.3) is 0 Å². The van der Waals surface area contributed by atoms with E-state index in [-0.39, 0.29) is 36.7 Å². The molecule has 5 nitrogen and oxygen atoms in total. The summed E-state index contributed by atoms with van der Waals surface area (Å²) in [5, 5.41) is 6.21. The molecule has 7 heteroatoms. The number of carbonyl (C=O) groups is 1. The van der Waals surface area contributed by atoms with Crippen LogP contribution in [-0.2, 0) is 4.79 Å². The molecule has 1 heterocycles. The monoisotopic (exact) mass is 407 g/mol. The molecule has 1 fully saturated rings. The molecule has 0 bridgehead atoms. The van der Waals surface area contributed by atoms with E-state index in [1.54, 1.807) is 6.07 Å². The van der Waals surface area contributed by atoms with Crippen molar-refractivity contribution in [1.82, 2.24) is 15.5 Å². The standard InChI is InChI=1S/C21H26FN3O2.ClH/c1-16-4-2-7-19(12-16)27-11-9-24-21(26)15-25-10-8-23-14-20(25)17-5-3-6-18(22)13-17;/h2-7,12-13,20,23H,8-11,14-15H2,1H3,(H,24,26);1H. The van der Waals surface area contributed by atoms with Crippen LogP contribution in [0, 0.1) is 12.7 Å². The van der Waals surface area contributed by atoms with Crippen LogP contribution in [0.1, 0.15) is 17.2 Å². The maximum absolute atomic E-state index is 13.6. The van der Waals surface area contributed by atoms with Gasteiger partial charge in [-0.25, -0.2) is 4.39 Å². The predicted octanol–water partition coefficient (Wildman–Crippen LogP) is 2.70. The lowest BCUT2D eigenvalue weighted by molar-refractivity contribution is -0.123. The first-order valence-electron chi connectivity index (χ1n) is 9.28. The quantitative estimate of drug-likeness (QED) is 0.693. The minimum atomic E-state index is -0.254. The van der Waals surface area contributed by atoms with E-state index >= 15 is 0 Å². The lowest BCUT2D eigenvalue weighted by Crippen LogP contribution is -2.49. The molecular formula is C21H27ClFN3O2. The lowest BCUT2D eigenvalue weighted by Gasteiger charge is -2.36. The van der Waals surface area contributed by atoms with E-state index in [9.17, 15) is 9.18 Å². The van der Waals surface area contributed by atoms with Gasteiger partial charge in [-0.1, -0.05) is 24.3 Å². The summed E-state index contributed by atoms with van der Waals surface area (Å²) < 4.78 is 19.2. The van der Waals surface area contributed by atoms with Gasteiger partial charge in [0.25, 0.3) is 0 Å². The second kappa shape index (κ2) is 11.0. The summed E-state index contributed by atoms with van der Waals surface area (Å²) in [7, 11) is 0. The zero-order valence-corrected chi connectivity index (χ0v) is 16.8. The summed E-state index contributed by atoms with van der Waals surface area (Å²) in [6.45, 7) is 5.43. The Kier molecular flexibility index (Phi) is 8.70. The van der Waals surface area contributed by atoms with Crippen molar-refractivity contribution in [2.45, 2.75) is 13.0 Å². The number of nitrogens with one attached hydrogen (secondary N) is 2. The Morgan fingerprint density at radius 3 is 2.89 bits per heavy atom. The van der Waals surface area contributed by atoms with Gasteiger partial charge in [0, 0.05) is 25.7 Å². The Balaban J connectivity index is 0.00000280. The zero-order valence-electron chi connectivity index (χ0n) is 16.0. The van der Waals surface area contributed by atoms with Gasteiger partial charge in [-0.2, -0.15) is 0 Å². The van der Waals surface area contributed by atoms with Crippen LogP contribution in [0.5, 0.6) is 5.75 Å². The highest BCUT2D eigenvalue weighted by atomic mass is 35.5. The topological polar surface area (TPSA) is 53.6 Å². The summed E-state index contributed by atoms with van der Waals surface area (Å²) in [5.41, 5.74) is 2.02. The molecule has 2 N–H and O–H groups in total. The number of amides is 1. The maximum Gasteiger partial charge on any atom is 0.234 e. The van der Waals surface area contributed by atoms with Crippen molar-refractivity contribution in [2.75, 3.05) is 39.3 Å². The molecule has 28 heavy (non-hydrogen) atoms. The van der Waals surface area contributed by atoms with Gasteiger partial charge >= 0.3 is 0 Å². The van der Waals surface area contributed by atoms with Gasteiger partial charge in [0.2, 0.25) is 5.91 Å². The molecule has 152 valence electrons. The highest BCUT2D eigenvalue weighted by Crippen LogP contribution is 2.22. The number of nitrogens with zero attached hydrogens (tertiary/aromatic N) is 1. The Morgan fingerprint density at radius 2 is 2.11 bits per heavy atom. The van der Waals surface area contributed by atoms with Gasteiger partial charge in [0.15, 0.2) is 0 Å². The average molecular weight is 408 g/mol. The molecular weight excluding hydrogens is 381 g/mol. The zero-order chi connectivity index (χ0) is 19.1. The fourth-order valence-electron chi connectivity index (χ4n) is 3.28. The summed E-state index contributed by atoms with van der Waals surface area (Å²) >= 11 is 0. The van der Waals surface area contributed by atoms with Crippen molar-refractivity contribution in [3.8, 4) is 5.75 Å². The third-order valence-electron chi connectivity index (χ3n) is 4.62. The third kappa shape index (κ3) is 6.48. The summed E-state index contributed by atoms with van der Waals surface area (Å²) in [6, 6.07) is 14.4. The minimum absolute atomic E-state index is 0. The average Bonchev–Trinajstić information content (AvgIpc) is 2.66. The van der Waals surface area contributed by atoms with E-state index in [2.05, 4.69) is 15.5 Å². The maximum atomic E-state index is 13.6. The molecule has 1 atom stereocenters. The van der Waals surface area contributed by atoms with Crippen molar-refractivity contribution in [1.29, 1.82) is 0 Å². The van der Waals surface area contributed by atoms with E-state index in [4.69, 9.17) is 4.74 Å². The molecule has 3 rings (SSSR count). The van der Waals surface area contributed by atoms with Crippen molar-refractivity contribution in [3.63, 3.8) is 0 Å². The summed E-state index contributed by atoms with van der Waals surface area (Å²) in [5.74, 6) is 0.499. The SMILES string of the molecule is Cc1cccc(OCCNC(=O)CN2CCNCC2c2cccc(F)c2)c1.Cl. The lowest BCUT2D eigenvalue weighted by atomic mass is 10.0. The molecule has 0 radical (unpaired) electrons. The fraction of sp³-hybridized carbons (Fsp3) is 0.381. The number of piperazine rings is 1. The smallest absolute Gasteiger partial charge is 0.234 e. The van der Waals surface area contributed by atoms with Crippen LogP contribution in [0.15, 0.2) is 48.5 Å². The van der Waals surface area contributed by atoms with Gasteiger partial charge in [-0.05, 0) is 42.3 Å². The molecule has 0 aliphatic carbocycles. The van der Waals surface area contributed by atoms with E-state index in [1.165, 1.54) is 12.1 Å². The second-order valence-electron chi connectivity index (χ2n) is 6.76. The van der Waals surface area contributed by atoms with Crippen LogP contribution < -0.4 is 15.4 Å². The Labute approximate surface area is 171 Å². The molecule has 1 unspecified atom stereocenters. The molecule has 1 saturated heterocycles. The number of halogens is 2. The number of rotatable bonds is 7. The molecule has 0 spiro atoms. The number of benzene rings is 2. The normalized spacial score (nSPS) is 16.9. The Morgan fingerprint density at radius 1 is 1.29 bits per heavy atom. The molecule has 0 aromatic heterocycles. The molecule has 1 aliphatic rings. The highest BCUT2D eigenvalue weighted by Gasteiger charge is 2.25. The van der Waals surface area contributed by atoms with Crippen molar-refractivity contribution >= 4 is 18.3 Å². The van der Waals surface area contributed by atoms with E-state index in [1.807, 2.05) is 37.3 Å². The first-order valence-corrected chi connectivity index (χ1v) is 9.28. The number of aryl methyl sites for hydroxylation is 1. The molecule has 0 saturated carbocycles. The predicted molar refractivity (Wildman–Crippen MR) is 111 cm³/mol. The van der Waals surface area contributed by atoms with Crippen molar-refractivity contribution in [3.05, 3.63) is 65.5 Å². The van der Waals surface area contributed by atoms with Crippen LogP contribution in [0.2, 0.25) is 0 Å². The highest BCUT2D eigenvalue weighted by molar-refractivity contribution is 5.85. The van der Waals surface area contributed by atoms with Crippen LogP contribution in [0.4, 0.5) is 4.39 Å². The van der Waals surface area contributed by atoms with E-state index in [0.29, 0.717) is 19.7 Å². The minimum Gasteiger partial charge on any atom is -0.492 e. The number of carbonyl (C=O) groups excluding carboxylic acids is 1. The Bertz CT molecular complexity index is 775. The molecule has 1 aliphatic heterocycles. The van der Waals surface area contributed by atoms with Crippen LogP contribution in [-0.4, -0.2) is 50.1 Å². The summed E-state index contributed by atoms with van der Waals surface area (Å²) in [4.78, 5) is 14.4. The van der Waals surface area contributed by atoms with Crippen molar-refractivity contribution < 1.29 is 13.9 Å². The van der Waals surface area contributed by atoms with Gasteiger partial charge in [0.1, 0.15) is 18.2 Å². The van der Waals surface area contributed by atoms with Crippen LogP contribution in [0.3, 0.4) is 0 Å². The molecule has 1 amide bonds. The third-order valence-corrected chi connectivity index (χ3v) is 4.62. The van der Waals surface area contributed by atoms with Gasteiger partial charge in [-0.15, -0.1) is 12.4 Å². The molecule has 2 aromatic rings. The first-order chi connectivity index (χ1) is 13.1. The second-order valence-corrected chi connectivity index (χ2v) is 6.76. The largest absolute Gasteiger partial charge is 0.492 e. The fourth-order valence-corrected chi connectivity index (χ4v) is 3.28. The van der Waals surface area contributed by atoms with E-state index in [0.717, 1.165) is 30.0 Å². The van der Waals surface area contributed by atoms with Crippen LogP contribution >= 0.6 is 12.4 Å². The van der Waals surface area contributed by atoms with Gasteiger partial charge in [0.05, 0.1) is 13.1 Å². The number of ether oxygens (including phenoxy) is 1. The van der Waals surface area contributed by atoms with Gasteiger partial charge in [-0.3, -0.25) is 9.69 Å². The molecule has 2 aromatic carbocycles. The Hall–Kier alpha value is -2.15.